The zero-order valence-electron chi connectivity index (χ0n) is 20.5. The Morgan fingerprint density at radius 3 is 1.97 bits per heavy atom. The fraction of sp³-hybridized carbons (Fsp3) is 0. The summed E-state index contributed by atoms with van der Waals surface area (Å²) < 4.78 is 14.0. The molecule has 0 N–H and O–H groups in total. The quantitative estimate of drug-likeness (QED) is 0.135. The van der Waals surface area contributed by atoms with E-state index in [1.807, 2.05) is 72.9 Å². The molecule has 3 aromatic carbocycles. The molecule has 0 amide bonds. The maximum atomic E-state index is 6.22. The van der Waals surface area contributed by atoms with Gasteiger partial charge in [-0.1, -0.05) is 60.4 Å². The zero-order valence-corrected chi connectivity index (χ0v) is 22.0. The molecule has 39 heavy (non-hydrogen) atoms. The van der Waals surface area contributed by atoms with Crippen molar-refractivity contribution in [2.75, 3.05) is 4.90 Å². The first-order valence-electron chi connectivity index (χ1n) is 11.9. The van der Waals surface area contributed by atoms with Crippen LogP contribution in [0.4, 0.5) is 17.1 Å². The van der Waals surface area contributed by atoms with E-state index in [0.717, 1.165) is 17.1 Å². The third-order valence-electron chi connectivity index (χ3n) is 5.55. The van der Waals surface area contributed by atoms with Crippen LogP contribution in [0.1, 0.15) is 0 Å². The normalized spacial score (nSPS) is 10.4. The summed E-state index contributed by atoms with van der Waals surface area (Å²) in [6.45, 7) is 0. The minimum atomic E-state index is 0. The minimum absolute atomic E-state index is 0. The Labute approximate surface area is 240 Å². The van der Waals surface area contributed by atoms with Crippen LogP contribution in [0, 0.1) is 12.1 Å². The first-order valence-corrected chi connectivity index (χ1v) is 11.9. The SMILES string of the molecule is [Pd+2].[c-]1c(Oc2[c-]c(-n3cccn3)cnc2)cc(N(c2ccccc2)c2ccccc2)cc1Oc1ccccn1. The van der Waals surface area contributed by atoms with Crippen LogP contribution < -0.4 is 14.4 Å². The molecular formula is C31H21N5O2Pd. The van der Waals surface area contributed by atoms with Crippen molar-refractivity contribution in [1.82, 2.24) is 19.7 Å². The Morgan fingerprint density at radius 1 is 0.641 bits per heavy atom. The van der Waals surface area contributed by atoms with E-state index in [1.54, 1.807) is 35.5 Å². The van der Waals surface area contributed by atoms with E-state index in [0.29, 0.717) is 28.8 Å². The molecule has 0 radical (unpaired) electrons. The molecule has 0 unspecified atom stereocenters. The summed E-state index contributed by atoms with van der Waals surface area (Å²) in [5, 5.41) is 4.25. The van der Waals surface area contributed by atoms with Crippen LogP contribution in [0.5, 0.6) is 23.1 Å². The molecule has 0 bridgehead atoms. The van der Waals surface area contributed by atoms with E-state index in [2.05, 4.69) is 56.4 Å². The van der Waals surface area contributed by atoms with E-state index in [9.17, 15) is 0 Å². The van der Waals surface area contributed by atoms with E-state index in [4.69, 9.17) is 9.47 Å². The molecule has 0 aliphatic heterocycles. The summed E-state index contributed by atoms with van der Waals surface area (Å²) in [5.41, 5.74) is 3.43. The van der Waals surface area contributed by atoms with E-state index in [-0.39, 0.29) is 20.4 Å². The van der Waals surface area contributed by atoms with Crippen molar-refractivity contribution in [3.63, 3.8) is 0 Å². The van der Waals surface area contributed by atoms with Crippen molar-refractivity contribution in [1.29, 1.82) is 0 Å². The molecule has 0 spiro atoms. The largest absolute Gasteiger partial charge is 2.00 e. The summed E-state index contributed by atoms with van der Waals surface area (Å²) in [6, 6.07) is 37.8. The molecule has 3 heterocycles. The summed E-state index contributed by atoms with van der Waals surface area (Å²) in [4.78, 5) is 10.7. The van der Waals surface area contributed by atoms with Crippen LogP contribution in [0.25, 0.3) is 5.69 Å². The predicted octanol–water partition coefficient (Wildman–Crippen LogP) is 7.31. The molecule has 6 rings (SSSR count). The number of rotatable bonds is 8. The van der Waals surface area contributed by atoms with Crippen LogP contribution in [-0.4, -0.2) is 19.7 Å². The average Bonchev–Trinajstić information content (AvgIpc) is 3.51. The standard InChI is InChI=1S/C31H21N5O2.Pd/c1-3-10-24(11-4-1)36(25-12-5-2-6-13-25)26-18-28(21-29(19-26)38-31-14-7-8-15-33-31)37-30-20-27(22-32-23-30)35-17-9-16-34-35;/h1-19,22-23H;/q-2;+2. The van der Waals surface area contributed by atoms with Crippen molar-refractivity contribution in [2.45, 2.75) is 0 Å². The molecule has 0 saturated carbocycles. The van der Waals surface area contributed by atoms with Gasteiger partial charge >= 0.3 is 20.4 Å². The number of anilines is 3. The Kier molecular flexibility index (Phi) is 8.08. The summed E-state index contributed by atoms with van der Waals surface area (Å²) >= 11 is 0. The number of para-hydroxylation sites is 2. The van der Waals surface area contributed by atoms with Gasteiger partial charge in [0.25, 0.3) is 0 Å². The molecule has 8 heteroatoms. The molecule has 0 atom stereocenters. The van der Waals surface area contributed by atoms with Crippen LogP contribution in [0.15, 0.2) is 128 Å². The van der Waals surface area contributed by atoms with E-state index in [1.165, 1.54) is 0 Å². The topological polar surface area (TPSA) is 65.3 Å². The van der Waals surface area contributed by atoms with Gasteiger partial charge in [0.15, 0.2) is 0 Å². The fourth-order valence-corrected chi connectivity index (χ4v) is 3.93. The second-order valence-corrected chi connectivity index (χ2v) is 8.18. The summed E-state index contributed by atoms with van der Waals surface area (Å²) in [6.07, 6.45) is 8.46. The molecule has 7 nitrogen and oxygen atoms in total. The molecular weight excluding hydrogens is 581 g/mol. The monoisotopic (exact) mass is 601 g/mol. The van der Waals surface area contributed by atoms with Crippen LogP contribution >= 0.6 is 0 Å². The zero-order chi connectivity index (χ0) is 25.6. The van der Waals surface area contributed by atoms with Crippen molar-refractivity contribution >= 4 is 17.1 Å². The van der Waals surface area contributed by atoms with Gasteiger partial charge in [-0.2, -0.15) is 5.10 Å². The van der Waals surface area contributed by atoms with Gasteiger partial charge in [-0.15, -0.1) is 18.2 Å². The van der Waals surface area contributed by atoms with Gasteiger partial charge in [-0.05, 0) is 48.3 Å². The molecule has 0 aliphatic rings. The molecule has 192 valence electrons. The Balaban J connectivity index is 0.00000308. The first kappa shape index (κ1) is 25.9. The van der Waals surface area contributed by atoms with E-state index >= 15 is 0 Å². The second kappa shape index (κ2) is 12.2. The van der Waals surface area contributed by atoms with Gasteiger partial charge in [0.2, 0.25) is 5.88 Å². The van der Waals surface area contributed by atoms with Crippen molar-refractivity contribution in [2.24, 2.45) is 0 Å². The molecule has 0 aliphatic carbocycles. The van der Waals surface area contributed by atoms with Crippen LogP contribution in [-0.2, 0) is 20.4 Å². The van der Waals surface area contributed by atoms with Gasteiger partial charge in [0, 0.05) is 53.3 Å². The number of pyridine rings is 2. The van der Waals surface area contributed by atoms with Crippen LogP contribution in [0.3, 0.4) is 0 Å². The molecule has 0 fully saturated rings. The number of nitrogens with zero attached hydrogens (tertiary/aromatic N) is 5. The third kappa shape index (κ3) is 6.21. The number of hydrogen-bond donors (Lipinski definition) is 0. The average molecular weight is 602 g/mol. The molecule has 0 saturated heterocycles. The number of hydrogen-bond acceptors (Lipinski definition) is 6. The van der Waals surface area contributed by atoms with Crippen molar-refractivity contribution in [3.05, 3.63) is 140 Å². The fourth-order valence-electron chi connectivity index (χ4n) is 3.93. The van der Waals surface area contributed by atoms with Gasteiger partial charge in [0.05, 0.1) is 0 Å². The third-order valence-corrected chi connectivity index (χ3v) is 5.55. The van der Waals surface area contributed by atoms with Gasteiger partial charge < -0.3 is 19.4 Å². The number of aromatic nitrogens is 4. The second-order valence-electron chi connectivity index (χ2n) is 8.18. The number of benzene rings is 3. The maximum absolute atomic E-state index is 6.22. The Bertz CT molecular complexity index is 1580. The van der Waals surface area contributed by atoms with Crippen LogP contribution in [0.2, 0.25) is 0 Å². The van der Waals surface area contributed by atoms with Gasteiger partial charge in [-0.3, -0.25) is 4.68 Å². The first-order chi connectivity index (χ1) is 18.8. The van der Waals surface area contributed by atoms with E-state index < -0.39 is 0 Å². The van der Waals surface area contributed by atoms with Gasteiger partial charge in [0.1, 0.15) is 0 Å². The summed E-state index contributed by atoms with van der Waals surface area (Å²) in [7, 11) is 0. The minimum Gasteiger partial charge on any atom is -0.508 e. The van der Waals surface area contributed by atoms with Crippen molar-refractivity contribution in [3.8, 4) is 28.8 Å². The van der Waals surface area contributed by atoms with Gasteiger partial charge in [-0.25, -0.2) is 4.98 Å². The Hall–Kier alpha value is -4.77. The summed E-state index contributed by atoms with van der Waals surface area (Å²) in [5.74, 6) is 1.75. The smallest absolute Gasteiger partial charge is 0.508 e. The Morgan fingerprint density at radius 2 is 1.33 bits per heavy atom. The predicted molar refractivity (Wildman–Crippen MR) is 145 cm³/mol. The molecule has 6 aromatic rings. The maximum Gasteiger partial charge on any atom is 2.00 e. The molecule has 3 aromatic heterocycles. The van der Waals surface area contributed by atoms with Crippen molar-refractivity contribution < 1.29 is 29.9 Å². The number of ether oxygens (including phenoxy) is 2.